The summed E-state index contributed by atoms with van der Waals surface area (Å²) < 4.78 is 0. The molecule has 1 unspecified atom stereocenters. The van der Waals surface area contributed by atoms with Crippen molar-refractivity contribution < 1.29 is 9.59 Å². The highest BCUT2D eigenvalue weighted by Crippen LogP contribution is 2.26. The van der Waals surface area contributed by atoms with Crippen molar-refractivity contribution in [3.8, 4) is 0 Å². The van der Waals surface area contributed by atoms with Gasteiger partial charge in [0.05, 0.1) is 0 Å². The van der Waals surface area contributed by atoms with Crippen LogP contribution in [0.15, 0.2) is 54.7 Å². The number of pyridine rings is 1. The van der Waals surface area contributed by atoms with E-state index in [4.69, 9.17) is 0 Å². The fourth-order valence-corrected chi connectivity index (χ4v) is 2.67. The van der Waals surface area contributed by atoms with E-state index in [1.807, 2.05) is 30.3 Å². The number of rotatable bonds is 3. The van der Waals surface area contributed by atoms with Gasteiger partial charge in [-0.15, -0.1) is 0 Å². The Hall–Kier alpha value is -2.49. The second-order valence-electron chi connectivity index (χ2n) is 5.10. The molecule has 1 aromatic carbocycles. The van der Waals surface area contributed by atoms with Gasteiger partial charge in [-0.05, 0) is 37.1 Å². The van der Waals surface area contributed by atoms with E-state index in [9.17, 15) is 9.59 Å². The Bertz CT molecular complexity index is 640. The minimum absolute atomic E-state index is 0.122. The van der Waals surface area contributed by atoms with Gasteiger partial charge in [-0.2, -0.15) is 0 Å². The second-order valence-corrected chi connectivity index (χ2v) is 5.10. The van der Waals surface area contributed by atoms with Gasteiger partial charge in [-0.1, -0.05) is 24.3 Å². The van der Waals surface area contributed by atoms with Crippen LogP contribution >= 0.6 is 0 Å². The summed E-state index contributed by atoms with van der Waals surface area (Å²) in [5, 5.41) is 0. The summed E-state index contributed by atoms with van der Waals surface area (Å²) in [5.74, 6) is -0.918. The number of carbonyl (C=O) groups is 2. The van der Waals surface area contributed by atoms with Gasteiger partial charge < -0.3 is 4.90 Å². The molecule has 1 aromatic heterocycles. The van der Waals surface area contributed by atoms with Crippen molar-refractivity contribution in [1.29, 1.82) is 0 Å². The van der Waals surface area contributed by atoms with E-state index >= 15 is 0 Å². The molecule has 2 aromatic rings. The molecule has 21 heavy (non-hydrogen) atoms. The molecule has 1 amide bonds. The van der Waals surface area contributed by atoms with Crippen molar-refractivity contribution in [2.75, 3.05) is 11.4 Å². The lowest BCUT2D eigenvalue weighted by atomic mass is 9.90. The zero-order chi connectivity index (χ0) is 14.7. The maximum Gasteiger partial charge on any atom is 0.238 e. The summed E-state index contributed by atoms with van der Waals surface area (Å²) in [7, 11) is 0. The van der Waals surface area contributed by atoms with E-state index in [1.54, 1.807) is 29.3 Å². The fraction of sp³-hybridized carbons (Fsp3) is 0.235. The molecule has 0 saturated carbocycles. The zero-order valence-corrected chi connectivity index (χ0v) is 11.6. The molecule has 0 aliphatic carbocycles. The minimum Gasteiger partial charge on any atom is -0.312 e. The van der Waals surface area contributed by atoms with E-state index in [1.165, 1.54) is 0 Å². The van der Waals surface area contributed by atoms with Crippen LogP contribution in [0.1, 0.15) is 23.3 Å². The zero-order valence-electron chi connectivity index (χ0n) is 11.6. The van der Waals surface area contributed by atoms with Crippen LogP contribution in [-0.2, 0) is 4.79 Å². The summed E-state index contributed by atoms with van der Waals surface area (Å²) in [5.41, 5.74) is 1.21. The third-order valence-electron chi connectivity index (χ3n) is 3.74. The lowest BCUT2D eigenvalue weighted by Crippen LogP contribution is -2.44. The second kappa shape index (κ2) is 5.87. The first-order valence-electron chi connectivity index (χ1n) is 7.09. The molecule has 0 radical (unpaired) electrons. The molecule has 1 fully saturated rings. The Morgan fingerprint density at radius 1 is 1.10 bits per heavy atom. The molecular formula is C17H16N2O2. The number of hydrogen-bond acceptors (Lipinski definition) is 3. The Kier molecular flexibility index (Phi) is 3.77. The molecule has 2 heterocycles. The molecule has 1 saturated heterocycles. The largest absolute Gasteiger partial charge is 0.312 e. The van der Waals surface area contributed by atoms with Crippen LogP contribution < -0.4 is 4.90 Å². The Morgan fingerprint density at radius 2 is 1.86 bits per heavy atom. The molecule has 4 heteroatoms. The normalized spacial score (nSPS) is 18.6. The molecule has 1 aliphatic heterocycles. The smallest absolute Gasteiger partial charge is 0.238 e. The number of piperidine rings is 1. The Morgan fingerprint density at radius 3 is 2.57 bits per heavy atom. The molecule has 4 nitrogen and oxygen atoms in total. The van der Waals surface area contributed by atoms with Crippen LogP contribution in [0.25, 0.3) is 0 Å². The van der Waals surface area contributed by atoms with Crippen molar-refractivity contribution >= 4 is 17.4 Å². The van der Waals surface area contributed by atoms with Crippen molar-refractivity contribution in [1.82, 2.24) is 4.98 Å². The van der Waals surface area contributed by atoms with Crippen LogP contribution in [0.2, 0.25) is 0 Å². The van der Waals surface area contributed by atoms with Crippen LogP contribution in [0, 0.1) is 5.92 Å². The van der Waals surface area contributed by atoms with E-state index in [2.05, 4.69) is 4.98 Å². The summed E-state index contributed by atoms with van der Waals surface area (Å²) in [6.07, 6.45) is 3.00. The molecule has 0 spiro atoms. The first kappa shape index (κ1) is 13.5. The van der Waals surface area contributed by atoms with Gasteiger partial charge in [0.15, 0.2) is 5.78 Å². The van der Waals surface area contributed by atoms with E-state index in [-0.39, 0.29) is 11.7 Å². The number of aromatic nitrogens is 1. The van der Waals surface area contributed by atoms with Gasteiger partial charge in [-0.25, -0.2) is 0 Å². The van der Waals surface area contributed by atoms with Gasteiger partial charge in [0, 0.05) is 18.4 Å². The summed E-state index contributed by atoms with van der Waals surface area (Å²) in [6, 6.07) is 14.7. The standard InChI is InChI=1S/C17H16N2O2/c20-16(15-10-4-5-11-18-15)14-9-6-12-19(17(14)21)13-7-2-1-3-8-13/h1-5,7-8,10-11,14H,6,9,12H2. The van der Waals surface area contributed by atoms with Crippen molar-refractivity contribution in [2.24, 2.45) is 5.92 Å². The maximum absolute atomic E-state index is 12.6. The highest BCUT2D eigenvalue weighted by molar-refractivity contribution is 6.14. The molecule has 106 valence electrons. The lowest BCUT2D eigenvalue weighted by molar-refractivity contribution is -0.122. The number of anilines is 1. The SMILES string of the molecule is O=C(c1ccccn1)C1CCCN(c2ccccc2)C1=O. The first-order valence-corrected chi connectivity index (χ1v) is 7.09. The maximum atomic E-state index is 12.6. The van der Waals surface area contributed by atoms with E-state index < -0.39 is 5.92 Å². The molecule has 3 rings (SSSR count). The van der Waals surface area contributed by atoms with Crippen LogP contribution in [0.4, 0.5) is 5.69 Å². The number of carbonyl (C=O) groups excluding carboxylic acids is 2. The quantitative estimate of drug-likeness (QED) is 0.641. The monoisotopic (exact) mass is 280 g/mol. The Balaban J connectivity index is 1.84. The van der Waals surface area contributed by atoms with Crippen molar-refractivity contribution in [3.63, 3.8) is 0 Å². The average molecular weight is 280 g/mol. The average Bonchev–Trinajstić information content (AvgIpc) is 2.56. The number of amides is 1. The first-order chi connectivity index (χ1) is 10.3. The van der Waals surface area contributed by atoms with Gasteiger partial charge in [0.2, 0.25) is 5.91 Å². The predicted molar refractivity (Wildman–Crippen MR) is 80.1 cm³/mol. The fourth-order valence-electron chi connectivity index (χ4n) is 2.67. The van der Waals surface area contributed by atoms with E-state index in [0.29, 0.717) is 18.7 Å². The summed E-state index contributed by atoms with van der Waals surface area (Å²) >= 11 is 0. The third-order valence-corrected chi connectivity index (χ3v) is 3.74. The van der Waals surface area contributed by atoms with Gasteiger partial charge >= 0.3 is 0 Å². The molecule has 0 bridgehead atoms. The highest BCUT2D eigenvalue weighted by atomic mass is 16.2. The number of para-hydroxylation sites is 1. The minimum atomic E-state index is -0.617. The van der Waals surface area contributed by atoms with Crippen molar-refractivity contribution in [3.05, 3.63) is 60.4 Å². The summed E-state index contributed by atoms with van der Waals surface area (Å²) in [4.78, 5) is 30.9. The number of ketones is 1. The van der Waals surface area contributed by atoms with Gasteiger partial charge in [-0.3, -0.25) is 14.6 Å². The molecule has 0 N–H and O–H groups in total. The number of hydrogen-bond donors (Lipinski definition) is 0. The van der Waals surface area contributed by atoms with Crippen molar-refractivity contribution in [2.45, 2.75) is 12.8 Å². The molecule has 1 aliphatic rings. The number of nitrogens with zero attached hydrogens (tertiary/aromatic N) is 2. The number of benzene rings is 1. The Labute approximate surface area is 123 Å². The summed E-state index contributed by atoms with van der Waals surface area (Å²) in [6.45, 7) is 0.662. The highest BCUT2D eigenvalue weighted by Gasteiger charge is 2.35. The van der Waals surface area contributed by atoms with Gasteiger partial charge in [0.25, 0.3) is 0 Å². The number of Topliss-reactive ketones (excluding diaryl/α,β-unsaturated/α-hetero) is 1. The van der Waals surface area contributed by atoms with Crippen LogP contribution in [0.3, 0.4) is 0 Å². The molecular weight excluding hydrogens is 264 g/mol. The topological polar surface area (TPSA) is 50.3 Å². The van der Waals surface area contributed by atoms with Crippen LogP contribution in [0.5, 0.6) is 0 Å². The molecule has 1 atom stereocenters. The van der Waals surface area contributed by atoms with Crippen LogP contribution in [-0.4, -0.2) is 23.2 Å². The third kappa shape index (κ3) is 2.70. The van der Waals surface area contributed by atoms with E-state index in [0.717, 1.165) is 12.1 Å². The lowest BCUT2D eigenvalue weighted by Gasteiger charge is -2.31. The predicted octanol–water partition coefficient (Wildman–Crippen LogP) is 2.71. The van der Waals surface area contributed by atoms with Gasteiger partial charge in [0.1, 0.15) is 11.6 Å².